The SMILES string of the molecule is Cc1cc(OC(=O)c2cccc(Cl)c2)cc2c1C(=O)/C(=C/c1ccccc1F)O2. The van der Waals surface area contributed by atoms with Crippen molar-refractivity contribution in [2.24, 2.45) is 0 Å². The van der Waals surface area contributed by atoms with Crippen molar-refractivity contribution in [3.8, 4) is 11.5 Å². The van der Waals surface area contributed by atoms with E-state index in [-0.39, 0.29) is 28.6 Å². The minimum absolute atomic E-state index is 0.00603. The third-order valence-electron chi connectivity index (χ3n) is 4.41. The number of benzene rings is 3. The van der Waals surface area contributed by atoms with Gasteiger partial charge in [-0.1, -0.05) is 35.9 Å². The van der Waals surface area contributed by atoms with E-state index in [0.29, 0.717) is 21.7 Å². The molecule has 0 saturated heterocycles. The smallest absolute Gasteiger partial charge is 0.343 e. The van der Waals surface area contributed by atoms with Crippen molar-refractivity contribution < 1.29 is 23.5 Å². The molecule has 3 aromatic carbocycles. The van der Waals surface area contributed by atoms with Crippen molar-refractivity contribution in [3.63, 3.8) is 0 Å². The molecular formula is C23H14ClFO4. The lowest BCUT2D eigenvalue weighted by atomic mass is 10.0. The summed E-state index contributed by atoms with van der Waals surface area (Å²) in [5.41, 5.74) is 1.48. The lowest BCUT2D eigenvalue weighted by Gasteiger charge is -2.08. The second-order valence-electron chi connectivity index (χ2n) is 6.47. The van der Waals surface area contributed by atoms with Gasteiger partial charge in [-0.3, -0.25) is 4.79 Å². The Morgan fingerprint density at radius 1 is 1.10 bits per heavy atom. The van der Waals surface area contributed by atoms with Crippen molar-refractivity contribution in [1.82, 2.24) is 0 Å². The Kier molecular flexibility index (Phi) is 4.91. The van der Waals surface area contributed by atoms with Crippen LogP contribution in [0.2, 0.25) is 5.02 Å². The Morgan fingerprint density at radius 3 is 2.66 bits per heavy atom. The van der Waals surface area contributed by atoms with Crippen LogP contribution in [0, 0.1) is 12.7 Å². The van der Waals surface area contributed by atoms with Crippen molar-refractivity contribution in [2.45, 2.75) is 6.92 Å². The number of aryl methyl sites for hydroxylation is 1. The average Bonchev–Trinajstić information content (AvgIpc) is 2.99. The van der Waals surface area contributed by atoms with Gasteiger partial charge in [0.1, 0.15) is 17.3 Å². The molecule has 0 fully saturated rings. The monoisotopic (exact) mass is 408 g/mol. The van der Waals surface area contributed by atoms with E-state index in [1.165, 1.54) is 24.3 Å². The lowest BCUT2D eigenvalue weighted by molar-refractivity contribution is 0.0734. The van der Waals surface area contributed by atoms with Crippen LogP contribution in [-0.2, 0) is 0 Å². The van der Waals surface area contributed by atoms with Gasteiger partial charge in [0.25, 0.3) is 0 Å². The molecule has 0 amide bonds. The predicted molar refractivity (Wildman–Crippen MR) is 107 cm³/mol. The number of halogens is 2. The number of carbonyl (C=O) groups is 2. The summed E-state index contributed by atoms with van der Waals surface area (Å²) in [4.78, 5) is 25.0. The van der Waals surface area contributed by atoms with E-state index in [9.17, 15) is 14.0 Å². The van der Waals surface area contributed by atoms with Gasteiger partial charge in [-0.2, -0.15) is 0 Å². The maximum Gasteiger partial charge on any atom is 0.343 e. The zero-order valence-electron chi connectivity index (χ0n) is 15.2. The fraction of sp³-hybridized carbons (Fsp3) is 0.0435. The van der Waals surface area contributed by atoms with Crippen LogP contribution < -0.4 is 9.47 Å². The third kappa shape index (κ3) is 3.77. The minimum atomic E-state index is -0.585. The van der Waals surface area contributed by atoms with Gasteiger partial charge in [0, 0.05) is 16.7 Å². The van der Waals surface area contributed by atoms with Crippen LogP contribution in [0.15, 0.2) is 66.4 Å². The van der Waals surface area contributed by atoms with E-state index in [2.05, 4.69) is 0 Å². The molecule has 0 N–H and O–H groups in total. The molecule has 0 spiro atoms. The van der Waals surface area contributed by atoms with Crippen molar-refractivity contribution in [3.05, 3.63) is 99.5 Å². The highest BCUT2D eigenvalue weighted by Crippen LogP contribution is 2.37. The molecular weight excluding hydrogens is 395 g/mol. The number of allylic oxidation sites excluding steroid dienone is 1. The van der Waals surface area contributed by atoms with Gasteiger partial charge in [0.05, 0.1) is 11.1 Å². The van der Waals surface area contributed by atoms with Gasteiger partial charge < -0.3 is 9.47 Å². The summed E-state index contributed by atoms with van der Waals surface area (Å²) >= 11 is 5.91. The molecule has 0 saturated carbocycles. The molecule has 6 heteroatoms. The molecule has 4 rings (SSSR count). The van der Waals surface area contributed by atoms with Gasteiger partial charge in [0.15, 0.2) is 5.76 Å². The van der Waals surface area contributed by atoms with E-state index in [0.717, 1.165) is 0 Å². The molecule has 1 aliphatic heterocycles. The maximum absolute atomic E-state index is 13.9. The molecule has 144 valence electrons. The predicted octanol–water partition coefficient (Wildman–Crippen LogP) is 5.62. The zero-order chi connectivity index (χ0) is 20.5. The van der Waals surface area contributed by atoms with Crippen LogP contribution in [0.5, 0.6) is 11.5 Å². The Balaban J connectivity index is 1.63. The summed E-state index contributed by atoms with van der Waals surface area (Å²) in [6, 6.07) is 15.5. The van der Waals surface area contributed by atoms with E-state index >= 15 is 0 Å². The summed E-state index contributed by atoms with van der Waals surface area (Å²) in [5, 5.41) is 0.418. The number of esters is 1. The van der Waals surface area contributed by atoms with Gasteiger partial charge in [-0.05, 0) is 48.9 Å². The van der Waals surface area contributed by atoms with Gasteiger partial charge >= 0.3 is 5.97 Å². The first-order valence-electron chi connectivity index (χ1n) is 8.73. The molecule has 29 heavy (non-hydrogen) atoms. The molecule has 3 aromatic rings. The number of ketones is 1. The van der Waals surface area contributed by atoms with Crippen LogP contribution in [0.1, 0.15) is 31.8 Å². The topological polar surface area (TPSA) is 52.6 Å². The lowest BCUT2D eigenvalue weighted by Crippen LogP contribution is -2.08. The first-order chi connectivity index (χ1) is 13.9. The second kappa shape index (κ2) is 7.53. The molecule has 0 bridgehead atoms. The largest absolute Gasteiger partial charge is 0.452 e. The van der Waals surface area contributed by atoms with Gasteiger partial charge in [-0.25, -0.2) is 9.18 Å². The van der Waals surface area contributed by atoms with Crippen LogP contribution in [0.25, 0.3) is 6.08 Å². The molecule has 0 aromatic heterocycles. The summed E-state index contributed by atoms with van der Waals surface area (Å²) in [6.07, 6.45) is 1.36. The number of rotatable bonds is 3. The average molecular weight is 409 g/mol. The number of fused-ring (bicyclic) bond motifs is 1. The number of hydrogen-bond donors (Lipinski definition) is 0. The fourth-order valence-corrected chi connectivity index (χ4v) is 3.24. The Bertz CT molecular complexity index is 1180. The summed E-state index contributed by atoms with van der Waals surface area (Å²) < 4.78 is 24.9. The maximum atomic E-state index is 13.9. The summed E-state index contributed by atoms with van der Waals surface area (Å²) in [7, 11) is 0. The van der Waals surface area contributed by atoms with E-state index in [1.54, 1.807) is 49.4 Å². The summed E-state index contributed by atoms with van der Waals surface area (Å²) in [5.74, 6) is -0.906. The summed E-state index contributed by atoms with van der Waals surface area (Å²) in [6.45, 7) is 1.71. The minimum Gasteiger partial charge on any atom is -0.452 e. The molecule has 0 radical (unpaired) electrons. The number of hydrogen-bond acceptors (Lipinski definition) is 4. The number of carbonyl (C=O) groups excluding carboxylic acids is 2. The first kappa shape index (κ1) is 18.9. The van der Waals surface area contributed by atoms with Crippen molar-refractivity contribution in [1.29, 1.82) is 0 Å². The molecule has 0 aliphatic carbocycles. The third-order valence-corrected chi connectivity index (χ3v) is 4.64. The molecule has 1 heterocycles. The quantitative estimate of drug-likeness (QED) is 0.320. The standard InChI is InChI=1S/C23H14ClFO4/c1-13-9-17(28-23(27)15-6-4-7-16(24)10-15)12-19-21(13)22(26)20(29-19)11-14-5-2-3-8-18(14)25/h2-12H,1H3/b20-11-. The van der Waals surface area contributed by atoms with Crippen LogP contribution >= 0.6 is 11.6 Å². The molecule has 1 aliphatic rings. The van der Waals surface area contributed by atoms with E-state index in [4.69, 9.17) is 21.1 Å². The molecule has 0 atom stereocenters. The van der Waals surface area contributed by atoms with Crippen LogP contribution in [0.4, 0.5) is 4.39 Å². The Labute approximate surface area is 171 Å². The second-order valence-corrected chi connectivity index (χ2v) is 6.91. The van der Waals surface area contributed by atoms with Crippen LogP contribution in [-0.4, -0.2) is 11.8 Å². The normalized spacial score (nSPS) is 13.9. The zero-order valence-corrected chi connectivity index (χ0v) is 16.0. The highest BCUT2D eigenvalue weighted by molar-refractivity contribution is 6.30. The highest BCUT2D eigenvalue weighted by atomic mass is 35.5. The number of ether oxygens (including phenoxy) is 2. The Morgan fingerprint density at radius 2 is 1.90 bits per heavy atom. The fourth-order valence-electron chi connectivity index (χ4n) is 3.05. The van der Waals surface area contributed by atoms with E-state index in [1.807, 2.05) is 0 Å². The highest BCUT2D eigenvalue weighted by Gasteiger charge is 2.30. The first-order valence-corrected chi connectivity index (χ1v) is 9.11. The molecule has 4 nitrogen and oxygen atoms in total. The Hall–Kier alpha value is -3.44. The van der Waals surface area contributed by atoms with E-state index < -0.39 is 11.8 Å². The number of Topliss-reactive ketones (excluding diaryl/α,β-unsaturated/α-hetero) is 1. The molecule has 0 unspecified atom stereocenters. The van der Waals surface area contributed by atoms with Gasteiger partial charge in [0.2, 0.25) is 5.78 Å². The van der Waals surface area contributed by atoms with Crippen molar-refractivity contribution in [2.75, 3.05) is 0 Å². The van der Waals surface area contributed by atoms with Crippen molar-refractivity contribution >= 4 is 29.4 Å². The van der Waals surface area contributed by atoms with Gasteiger partial charge in [-0.15, -0.1) is 0 Å². The van der Waals surface area contributed by atoms with Crippen LogP contribution in [0.3, 0.4) is 0 Å².